The highest BCUT2D eigenvalue weighted by Gasteiger charge is 2.34. The Hall–Kier alpha value is -2.36. The molecular weight excluding hydrogens is 272 g/mol. The van der Waals surface area contributed by atoms with Crippen LogP contribution in [0.15, 0.2) is 36.8 Å². The molecule has 0 saturated carbocycles. The van der Waals surface area contributed by atoms with Crippen molar-refractivity contribution < 1.29 is 4.58 Å². The smallest absolute Gasteiger partial charge is 0.280 e. The number of rotatable bonds is 1. The van der Waals surface area contributed by atoms with Gasteiger partial charge in [-0.15, -0.1) is 0 Å². The summed E-state index contributed by atoms with van der Waals surface area (Å²) in [6, 6.07) is 7.16. The van der Waals surface area contributed by atoms with Gasteiger partial charge in [0.15, 0.2) is 0 Å². The van der Waals surface area contributed by atoms with Crippen LogP contribution in [0.2, 0.25) is 0 Å². The van der Waals surface area contributed by atoms with E-state index in [2.05, 4.69) is 71.2 Å². The number of fused-ring (bicyclic) bond motifs is 2. The molecule has 0 spiro atoms. The van der Waals surface area contributed by atoms with Crippen molar-refractivity contribution in [3.63, 3.8) is 0 Å². The lowest BCUT2D eigenvalue weighted by molar-refractivity contribution is -0.522. The molecule has 0 fully saturated rings. The molecule has 1 aliphatic rings. The number of likely N-dealkylation sites (N-methyl/N-ethyl adjacent to an activating group) is 2. The summed E-state index contributed by atoms with van der Waals surface area (Å²) in [6.07, 6.45) is 6.01. The first kappa shape index (κ1) is 13.3. The van der Waals surface area contributed by atoms with Crippen molar-refractivity contribution in [3.8, 4) is 0 Å². The SMILES string of the molecule is Cc1ccc2cn3ccnc3cc2c1C1=[N+](C)C(C)CN1C. The lowest BCUT2D eigenvalue weighted by Gasteiger charge is -2.13. The van der Waals surface area contributed by atoms with E-state index < -0.39 is 0 Å². The summed E-state index contributed by atoms with van der Waals surface area (Å²) in [4.78, 5) is 6.81. The van der Waals surface area contributed by atoms with Crippen molar-refractivity contribution in [2.24, 2.45) is 0 Å². The van der Waals surface area contributed by atoms with E-state index in [1.807, 2.05) is 12.4 Å². The van der Waals surface area contributed by atoms with Crippen molar-refractivity contribution in [3.05, 3.63) is 47.9 Å². The lowest BCUT2D eigenvalue weighted by Crippen LogP contribution is -2.26. The van der Waals surface area contributed by atoms with Gasteiger partial charge in [0.1, 0.15) is 18.2 Å². The zero-order chi connectivity index (χ0) is 15.4. The number of benzene rings is 1. The first-order valence-corrected chi connectivity index (χ1v) is 7.73. The second-order valence-electron chi connectivity index (χ2n) is 6.39. The fourth-order valence-electron chi connectivity index (χ4n) is 3.58. The largest absolute Gasteiger partial charge is 0.306 e. The van der Waals surface area contributed by atoms with Gasteiger partial charge in [0.25, 0.3) is 5.84 Å². The number of amidine groups is 1. The van der Waals surface area contributed by atoms with Crippen LogP contribution in [-0.2, 0) is 0 Å². The van der Waals surface area contributed by atoms with E-state index in [1.54, 1.807) is 0 Å². The summed E-state index contributed by atoms with van der Waals surface area (Å²) < 4.78 is 4.47. The Morgan fingerprint density at radius 3 is 2.86 bits per heavy atom. The summed E-state index contributed by atoms with van der Waals surface area (Å²) in [5, 5.41) is 2.53. The number of aromatic nitrogens is 2. The average molecular weight is 293 g/mol. The van der Waals surface area contributed by atoms with Crippen LogP contribution in [0.3, 0.4) is 0 Å². The minimum atomic E-state index is 0.532. The summed E-state index contributed by atoms with van der Waals surface area (Å²) in [5.41, 5.74) is 3.64. The number of hydrogen-bond donors (Lipinski definition) is 0. The molecule has 0 bridgehead atoms. The van der Waals surface area contributed by atoms with Crippen LogP contribution < -0.4 is 0 Å². The van der Waals surface area contributed by atoms with E-state index >= 15 is 0 Å². The lowest BCUT2D eigenvalue weighted by atomic mass is 9.99. The van der Waals surface area contributed by atoms with E-state index in [-0.39, 0.29) is 0 Å². The molecule has 1 aliphatic heterocycles. The maximum atomic E-state index is 4.45. The molecule has 1 unspecified atom stereocenters. The Balaban J connectivity index is 2.10. The molecule has 0 radical (unpaired) electrons. The Morgan fingerprint density at radius 1 is 1.32 bits per heavy atom. The third-order valence-corrected chi connectivity index (χ3v) is 4.86. The Labute approximate surface area is 130 Å². The van der Waals surface area contributed by atoms with Crippen molar-refractivity contribution >= 4 is 22.3 Å². The fourth-order valence-corrected chi connectivity index (χ4v) is 3.58. The Kier molecular flexibility index (Phi) is 2.76. The van der Waals surface area contributed by atoms with E-state index in [0.717, 1.165) is 12.2 Å². The zero-order valence-electron chi connectivity index (χ0n) is 13.5. The maximum Gasteiger partial charge on any atom is 0.280 e. The van der Waals surface area contributed by atoms with Crippen LogP contribution in [0.1, 0.15) is 18.1 Å². The molecule has 4 nitrogen and oxygen atoms in total. The van der Waals surface area contributed by atoms with Crippen molar-refractivity contribution in [1.82, 2.24) is 14.3 Å². The van der Waals surface area contributed by atoms with E-state index in [4.69, 9.17) is 0 Å². The molecule has 3 heterocycles. The Morgan fingerprint density at radius 2 is 2.14 bits per heavy atom. The van der Waals surface area contributed by atoms with E-state index in [0.29, 0.717) is 6.04 Å². The minimum Gasteiger partial charge on any atom is -0.306 e. The van der Waals surface area contributed by atoms with Gasteiger partial charge in [0.05, 0.1) is 19.7 Å². The van der Waals surface area contributed by atoms with Gasteiger partial charge in [0, 0.05) is 24.0 Å². The molecule has 0 saturated heterocycles. The highest BCUT2D eigenvalue weighted by atomic mass is 15.3. The van der Waals surface area contributed by atoms with Gasteiger partial charge in [-0.25, -0.2) is 4.98 Å². The topological polar surface area (TPSA) is 23.6 Å². The van der Waals surface area contributed by atoms with Crippen LogP contribution in [0.4, 0.5) is 0 Å². The van der Waals surface area contributed by atoms with Gasteiger partial charge in [-0.2, -0.15) is 0 Å². The molecule has 2 aromatic heterocycles. The number of nitrogens with zero attached hydrogens (tertiary/aromatic N) is 4. The number of hydrogen-bond acceptors (Lipinski definition) is 2. The van der Waals surface area contributed by atoms with Gasteiger partial charge in [-0.05, 0) is 30.9 Å². The molecule has 0 N–H and O–H groups in total. The zero-order valence-corrected chi connectivity index (χ0v) is 13.5. The second kappa shape index (κ2) is 4.57. The molecule has 3 aromatic rings. The van der Waals surface area contributed by atoms with Crippen LogP contribution in [0.25, 0.3) is 16.4 Å². The number of pyridine rings is 1. The quantitative estimate of drug-likeness (QED) is 0.644. The monoisotopic (exact) mass is 293 g/mol. The second-order valence-corrected chi connectivity index (χ2v) is 6.39. The van der Waals surface area contributed by atoms with Crippen molar-refractivity contribution in [2.75, 3.05) is 20.6 Å². The molecule has 112 valence electrons. The van der Waals surface area contributed by atoms with E-state index in [9.17, 15) is 0 Å². The maximum absolute atomic E-state index is 4.45. The van der Waals surface area contributed by atoms with E-state index in [1.165, 1.54) is 27.7 Å². The normalized spacial score (nSPS) is 18.9. The van der Waals surface area contributed by atoms with Crippen molar-refractivity contribution in [1.29, 1.82) is 0 Å². The Bertz CT molecular complexity index is 919. The summed E-state index contributed by atoms with van der Waals surface area (Å²) in [7, 11) is 4.37. The number of aryl methyl sites for hydroxylation is 1. The van der Waals surface area contributed by atoms with Crippen LogP contribution >= 0.6 is 0 Å². The van der Waals surface area contributed by atoms with Crippen LogP contribution in [0, 0.1) is 6.92 Å². The third-order valence-electron chi connectivity index (χ3n) is 4.86. The predicted molar refractivity (Wildman–Crippen MR) is 89.8 cm³/mol. The molecular formula is C18H21N4+. The first-order chi connectivity index (χ1) is 10.6. The highest BCUT2D eigenvalue weighted by Crippen LogP contribution is 2.27. The van der Waals surface area contributed by atoms with Gasteiger partial charge in [-0.3, -0.25) is 9.48 Å². The molecule has 0 amide bonds. The molecule has 4 rings (SSSR count). The summed E-state index contributed by atoms with van der Waals surface area (Å²) >= 11 is 0. The molecule has 1 atom stereocenters. The molecule has 4 heteroatoms. The van der Waals surface area contributed by atoms with Crippen molar-refractivity contribution in [2.45, 2.75) is 19.9 Å². The minimum absolute atomic E-state index is 0.532. The van der Waals surface area contributed by atoms with Gasteiger partial charge >= 0.3 is 0 Å². The molecule has 0 aliphatic carbocycles. The predicted octanol–water partition coefficient (Wildman–Crippen LogP) is 2.52. The van der Waals surface area contributed by atoms with Gasteiger partial charge in [-0.1, -0.05) is 12.1 Å². The number of imidazole rings is 1. The molecule has 22 heavy (non-hydrogen) atoms. The van der Waals surface area contributed by atoms with Gasteiger partial charge in [0.2, 0.25) is 0 Å². The standard InChI is InChI=1S/C18H21N4/c1-12-5-6-14-11-22-8-7-19-16(22)9-15(14)17(12)18-20(3)10-13(2)21(18)4/h5-9,11,13H,10H2,1-4H3/q+1. The highest BCUT2D eigenvalue weighted by molar-refractivity contribution is 6.09. The van der Waals surface area contributed by atoms with Crippen LogP contribution in [-0.4, -0.2) is 51.4 Å². The van der Waals surface area contributed by atoms with Crippen LogP contribution in [0.5, 0.6) is 0 Å². The molecule has 1 aromatic carbocycles. The first-order valence-electron chi connectivity index (χ1n) is 7.73. The van der Waals surface area contributed by atoms with Gasteiger partial charge < -0.3 is 4.40 Å². The third kappa shape index (κ3) is 1.76. The fraction of sp³-hybridized carbons (Fsp3) is 0.333. The summed E-state index contributed by atoms with van der Waals surface area (Å²) in [6.45, 7) is 5.53. The summed E-state index contributed by atoms with van der Waals surface area (Å²) in [5.74, 6) is 1.31. The average Bonchev–Trinajstić information content (AvgIpc) is 3.03.